The van der Waals surface area contributed by atoms with E-state index in [2.05, 4.69) is 10.5 Å². The Hall–Kier alpha value is -3.05. The monoisotopic (exact) mass is 340 g/mol. The molecule has 24 heavy (non-hydrogen) atoms. The van der Waals surface area contributed by atoms with E-state index in [0.29, 0.717) is 16.5 Å². The molecular formula is C18H13ClN2O3. The van der Waals surface area contributed by atoms with E-state index in [-0.39, 0.29) is 11.3 Å². The lowest BCUT2D eigenvalue weighted by atomic mass is 10.2. The van der Waals surface area contributed by atoms with Gasteiger partial charge >= 0.3 is 0 Å². The van der Waals surface area contributed by atoms with Crippen molar-refractivity contribution < 1.29 is 14.3 Å². The Bertz CT molecular complexity index is 903. The molecule has 3 rings (SSSR count). The van der Waals surface area contributed by atoms with E-state index in [1.54, 1.807) is 30.3 Å². The van der Waals surface area contributed by atoms with Crippen LogP contribution in [-0.4, -0.2) is 17.2 Å². The summed E-state index contributed by atoms with van der Waals surface area (Å²) in [5.41, 5.74) is 3.25. The zero-order valence-corrected chi connectivity index (χ0v) is 13.2. The molecule has 2 N–H and O–H groups in total. The van der Waals surface area contributed by atoms with E-state index in [1.807, 2.05) is 18.2 Å². The minimum absolute atomic E-state index is 0.107. The van der Waals surface area contributed by atoms with Gasteiger partial charge in [0.1, 0.15) is 17.3 Å². The molecule has 5 nitrogen and oxygen atoms in total. The number of carbonyl (C=O) groups excluding carboxylic acids is 1. The minimum Gasteiger partial charge on any atom is -0.507 e. The van der Waals surface area contributed by atoms with Gasteiger partial charge in [-0.3, -0.25) is 4.79 Å². The number of halogens is 1. The molecule has 0 bridgehead atoms. The van der Waals surface area contributed by atoms with Crippen LogP contribution in [0.2, 0.25) is 5.02 Å². The Kier molecular flexibility index (Phi) is 4.63. The normalized spacial score (nSPS) is 10.9. The largest absolute Gasteiger partial charge is 0.507 e. The molecule has 0 aliphatic carbocycles. The minimum atomic E-state index is -0.512. The van der Waals surface area contributed by atoms with Crippen molar-refractivity contribution in [1.82, 2.24) is 5.43 Å². The van der Waals surface area contributed by atoms with Crippen LogP contribution in [-0.2, 0) is 0 Å². The number of phenols is 1. The van der Waals surface area contributed by atoms with Crippen molar-refractivity contribution in [2.75, 3.05) is 0 Å². The highest BCUT2D eigenvalue weighted by Crippen LogP contribution is 2.28. The Labute approximate surface area is 143 Å². The number of aromatic hydroxyl groups is 1. The van der Waals surface area contributed by atoms with Crippen LogP contribution in [0.1, 0.15) is 16.1 Å². The van der Waals surface area contributed by atoms with Gasteiger partial charge in [0, 0.05) is 5.56 Å². The van der Waals surface area contributed by atoms with Crippen LogP contribution in [0.5, 0.6) is 5.75 Å². The summed E-state index contributed by atoms with van der Waals surface area (Å²) in [6.45, 7) is 0. The second-order valence-electron chi connectivity index (χ2n) is 4.90. The number of para-hydroxylation sites is 1. The van der Waals surface area contributed by atoms with Crippen LogP contribution in [0.4, 0.5) is 0 Å². The first-order valence-corrected chi connectivity index (χ1v) is 7.49. The van der Waals surface area contributed by atoms with Crippen molar-refractivity contribution >= 4 is 23.7 Å². The van der Waals surface area contributed by atoms with Crippen molar-refractivity contribution in [3.63, 3.8) is 0 Å². The molecule has 0 fully saturated rings. The van der Waals surface area contributed by atoms with Crippen LogP contribution in [0, 0.1) is 0 Å². The van der Waals surface area contributed by atoms with E-state index in [9.17, 15) is 9.90 Å². The third-order valence-corrected chi connectivity index (χ3v) is 3.60. The van der Waals surface area contributed by atoms with Gasteiger partial charge in [-0.05, 0) is 36.4 Å². The number of hydrazone groups is 1. The Morgan fingerprint density at radius 2 is 1.83 bits per heavy atom. The fourth-order valence-corrected chi connectivity index (χ4v) is 2.34. The summed E-state index contributed by atoms with van der Waals surface area (Å²) in [5.74, 6) is 0.447. The van der Waals surface area contributed by atoms with Gasteiger partial charge in [0.25, 0.3) is 5.91 Å². The third kappa shape index (κ3) is 3.47. The van der Waals surface area contributed by atoms with Crippen molar-refractivity contribution in [2.24, 2.45) is 5.10 Å². The highest BCUT2D eigenvalue weighted by Gasteiger charge is 2.09. The highest BCUT2D eigenvalue weighted by atomic mass is 35.5. The number of phenolic OH excluding ortho intramolecular Hbond substituents is 1. The summed E-state index contributed by atoms with van der Waals surface area (Å²) in [4.78, 5) is 11.9. The summed E-state index contributed by atoms with van der Waals surface area (Å²) in [7, 11) is 0. The Balaban J connectivity index is 1.69. The highest BCUT2D eigenvalue weighted by molar-refractivity contribution is 6.33. The smallest absolute Gasteiger partial charge is 0.275 e. The maximum atomic E-state index is 11.9. The molecule has 120 valence electrons. The predicted molar refractivity (Wildman–Crippen MR) is 92.3 cm³/mol. The van der Waals surface area contributed by atoms with Crippen LogP contribution < -0.4 is 5.43 Å². The van der Waals surface area contributed by atoms with E-state index < -0.39 is 5.91 Å². The Morgan fingerprint density at radius 1 is 1.08 bits per heavy atom. The maximum Gasteiger partial charge on any atom is 0.275 e. The molecule has 0 unspecified atom stereocenters. The number of benzene rings is 2. The van der Waals surface area contributed by atoms with Gasteiger partial charge in [0.05, 0.1) is 16.8 Å². The molecule has 2 aromatic carbocycles. The van der Waals surface area contributed by atoms with E-state index in [0.717, 1.165) is 5.56 Å². The Morgan fingerprint density at radius 3 is 2.62 bits per heavy atom. The second-order valence-corrected chi connectivity index (χ2v) is 5.31. The standard InChI is InChI=1S/C18H13ClN2O3/c19-15-7-3-1-5-13(15)17-10-9-12(24-17)11-20-21-18(23)14-6-2-4-8-16(14)22/h1-11,22H,(H,21,23)/b20-11-. The fraction of sp³-hybridized carbons (Fsp3) is 0. The average molecular weight is 341 g/mol. The molecular weight excluding hydrogens is 328 g/mol. The number of rotatable bonds is 4. The van der Waals surface area contributed by atoms with Gasteiger partial charge in [0.2, 0.25) is 0 Å². The number of nitrogens with one attached hydrogen (secondary N) is 1. The summed E-state index contributed by atoms with van der Waals surface area (Å²) in [6.07, 6.45) is 1.37. The molecule has 0 spiro atoms. The molecule has 6 heteroatoms. The fourth-order valence-electron chi connectivity index (χ4n) is 2.11. The number of carbonyl (C=O) groups is 1. The van der Waals surface area contributed by atoms with Gasteiger partial charge in [-0.2, -0.15) is 5.10 Å². The average Bonchev–Trinajstić information content (AvgIpc) is 3.04. The lowest BCUT2D eigenvalue weighted by Crippen LogP contribution is -2.17. The molecule has 1 aromatic heterocycles. The topological polar surface area (TPSA) is 74.8 Å². The second kappa shape index (κ2) is 7.02. The first-order valence-electron chi connectivity index (χ1n) is 7.11. The first-order chi connectivity index (χ1) is 11.6. The molecule has 1 heterocycles. The van der Waals surface area contributed by atoms with Crippen molar-refractivity contribution in [3.05, 3.63) is 77.0 Å². The quantitative estimate of drug-likeness (QED) is 0.555. The molecule has 3 aromatic rings. The predicted octanol–water partition coefficient (Wildman–Crippen LogP) is 4.07. The zero-order valence-electron chi connectivity index (χ0n) is 12.4. The van der Waals surface area contributed by atoms with Crippen molar-refractivity contribution in [2.45, 2.75) is 0 Å². The van der Waals surface area contributed by atoms with E-state index >= 15 is 0 Å². The lowest BCUT2D eigenvalue weighted by Gasteiger charge is -2.01. The van der Waals surface area contributed by atoms with Crippen LogP contribution in [0.3, 0.4) is 0 Å². The summed E-state index contributed by atoms with van der Waals surface area (Å²) >= 11 is 6.12. The number of hydrogen-bond acceptors (Lipinski definition) is 4. The number of furan rings is 1. The van der Waals surface area contributed by atoms with E-state index in [4.69, 9.17) is 16.0 Å². The zero-order chi connectivity index (χ0) is 16.9. The number of amides is 1. The van der Waals surface area contributed by atoms with Crippen molar-refractivity contribution in [3.8, 4) is 17.1 Å². The number of nitrogens with zero attached hydrogens (tertiary/aromatic N) is 1. The maximum absolute atomic E-state index is 11.9. The van der Waals surface area contributed by atoms with Crippen LogP contribution in [0.15, 0.2) is 70.2 Å². The molecule has 0 atom stereocenters. The SMILES string of the molecule is O=C(N/N=C\c1ccc(-c2ccccc2Cl)o1)c1ccccc1O. The summed E-state index contributed by atoms with van der Waals surface area (Å²) in [5, 5.41) is 14.0. The summed E-state index contributed by atoms with van der Waals surface area (Å²) < 4.78 is 5.63. The molecule has 0 aliphatic heterocycles. The lowest BCUT2D eigenvalue weighted by molar-refractivity contribution is 0.0952. The van der Waals surface area contributed by atoms with Gasteiger partial charge in [0.15, 0.2) is 0 Å². The molecule has 0 aliphatic rings. The van der Waals surface area contributed by atoms with Gasteiger partial charge in [-0.25, -0.2) is 5.43 Å². The molecule has 0 saturated heterocycles. The molecule has 0 saturated carbocycles. The summed E-state index contributed by atoms with van der Waals surface area (Å²) in [6, 6.07) is 17.0. The molecule has 1 amide bonds. The van der Waals surface area contributed by atoms with Crippen molar-refractivity contribution in [1.29, 1.82) is 0 Å². The first kappa shape index (κ1) is 15.8. The molecule has 0 radical (unpaired) electrons. The van der Waals surface area contributed by atoms with Gasteiger partial charge in [-0.1, -0.05) is 35.9 Å². The van der Waals surface area contributed by atoms with Crippen LogP contribution >= 0.6 is 11.6 Å². The van der Waals surface area contributed by atoms with Gasteiger partial charge < -0.3 is 9.52 Å². The van der Waals surface area contributed by atoms with Gasteiger partial charge in [-0.15, -0.1) is 0 Å². The van der Waals surface area contributed by atoms with Crippen LogP contribution in [0.25, 0.3) is 11.3 Å². The number of hydrogen-bond donors (Lipinski definition) is 2. The van der Waals surface area contributed by atoms with E-state index in [1.165, 1.54) is 18.3 Å². The third-order valence-electron chi connectivity index (χ3n) is 3.27.